The quantitative estimate of drug-likeness (QED) is 0.638. The molecule has 5 nitrogen and oxygen atoms in total. The van der Waals surface area contributed by atoms with Gasteiger partial charge in [0.1, 0.15) is 17.5 Å². The van der Waals surface area contributed by atoms with Gasteiger partial charge in [0.25, 0.3) is 0 Å². The number of aliphatic carboxylic acids is 1. The number of carbonyl (C=O) groups is 1. The summed E-state index contributed by atoms with van der Waals surface area (Å²) in [5, 5.41) is 32.3. The van der Waals surface area contributed by atoms with E-state index in [-0.39, 0.29) is 23.5 Å². The normalized spacial score (nSPS) is 21.2. The van der Waals surface area contributed by atoms with Crippen LogP contribution in [0.15, 0.2) is 48.5 Å². The maximum Gasteiger partial charge on any atom is 0.321 e. The van der Waals surface area contributed by atoms with E-state index in [2.05, 4.69) is 5.32 Å². The van der Waals surface area contributed by atoms with E-state index in [1.807, 2.05) is 30.3 Å². The molecule has 1 saturated carbocycles. The first-order chi connectivity index (χ1) is 12.5. The maximum atomic E-state index is 11.6. The first kappa shape index (κ1) is 18.3. The first-order valence-electron chi connectivity index (χ1n) is 9.07. The van der Waals surface area contributed by atoms with Crippen LogP contribution in [0.1, 0.15) is 42.7 Å². The summed E-state index contributed by atoms with van der Waals surface area (Å²) in [6.07, 6.45) is 3.96. The average molecular weight is 355 g/mol. The minimum Gasteiger partial charge on any atom is -0.508 e. The summed E-state index contributed by atoms with van der Waals surface area (Å²) >= 11 is 0. The number of phenols is 2. The molecule has 1 aliphatic rings. The highest BCUT2D eigenvalue weighted by Gasteiger charge is 2.28. The molecule has 0 heterocycles. The van der Waals surface area contributed by atoms with E-state index in [1.165, 1.54) is 6.07 Å². The van der Waals surface area contributed by atoms with Crippen molar-refractivity contribution in [1.82, 2.24) is 5.32 Å². The molecule has 3 rings (SSSR count). The van der Waals surface area contributed by atoms with Crippen LogP contribution < -0.4 is 5.32 Å². The zero-order chi connectivity index (χ0) is 18.5. The van der Waals surface area contributed by atoms with Gasteiger partial charge in [-0.25, -0.2) is 0 Å². The third-order valence-corrected chi connectivity index (χ3v) is 5.20. The minimum absolute atomic E-state index is 0.0619. The highest BCUT2D eigenvalue weighted by molar-refractivity contribution is 5.74. The molecule has 0 bridgehead atoms. The molecule has 2 aromatic rings. The van der Waals surface area contributed by atoms with Crippen LogP contribution >= 0.6 is 0 Å². The van der Waals surface area contributed by atoms with Crippen LogP contribution in [0, 0.1) is 0 Å². The molecule has 0 amide bonds. The summed E-state index contributed by atoms with van der Waals surface area (Å²) in [4.78, 5) is 11.6. The van der Waals surface area contributed by atoms with Crippen molar-refractivity contribution in [3.05, 3.63) is 59.7 Å². The molecule has 26 heavy (non-hydrogen) atoms. The van der Waals surface area contributed by atoms with Crippen molar-refractivity contribution < 1.29 is 20.1 Å². The third kappa shape index (κ3) is 4.55. The van der Waals surface area contributed by atoms with Crippen LogP contribution in [-0.4, -0.2) is 33.4 Å². The van der Waals surface area contributed by atoms with Crippen molar-refractivity contribution in [2.45, 2.75) is 50.1 Å². The predicted octanol–water partition coefficient (Wildman–Crippen LogP) is 3.41. The van der Waals surface area contributed by atoms with Gasteiger partial charge in [-0.2, -0.15) is 0 Å². The van der Waals surface area contributed by atoms with Gasteiger partial charge in [0.15, 0.2) is 0 Å². The summed E-state index contributed by atoms with van der Waals surface area (Å²) in [5.41, 5.74) is 1.87. The molecule has 1 fully saturated rings. The summed E-state index contributed by atoms with van der Waals surface area (Å²) in [7, 11) is 0. The lowest BCUT2D eigenvalue weighted by Crippen LogP contribution is -2.45. The Hall–Kier alpha value is -2.53. The summed E-state index contributed by atoms with van der Waals surface area (Å²) in [6, 6.07) is 14.0. The van der Waals surface area contributed by atoms with Crippen molar-refractivity contribution in [2.24, 2.45) is 0 Å². The standard InChI is InChI=1S/C21H25NO4/c23-17-10-11-18(20(24)13-17)15-6-8-16(9-7-15)22-19(21(25)26)12-14-4-2-1-3-5-14/h1-5,10-11,13,15-16,19,22-24H,6-9,12H2,(H,25,26)/t15?,16?,19-/m1/s1. The Labute approximate surface area is 153 Å². The van der Waals surface area contributed by atoms with Crippen LogP contribution in [-0.2, 0) is 11.2 Å². The second kappa shape index (κ2) is 8.23. The second-order valence-corrected chi connectivity index (χ2v) is 7.04. The largest absolute Gasteiger partial charge is 0.508 e. The molecule has 0 aliphatic heterocycles. The van der Waals surface area contributed by atoms with Crippen LogP contribution in [0.3, 0.4) is 0 Å². The van der Waals surface area contributed by atoms with E-state index in [0.29, 0.717) is 6.42 Å². The Morgan fingerprint density at radius 1 is 1.04 bits per heavy atom. The fraction of sp³-hybridized carbons (Fsp3) is 0.381. The van der Waals surface area contributed by atoms with E-state index >= 15 is 0 Å². The zero-order valence-electron chi connectivity index (χ0n) is 14.6. The van der Waals surface area contributed by atoms with Gasteiger partial charge >= 0.3 is 5.97 Å². The SMILES string of the molecule is O=C(O)[C@@H](Cc1ccccc1)NC1CCC(c2ccc(O)cc2O)CC1. The number of hydrogen-bond acceptors (Lipinski definition) is 4. The van der Waals surface area contributed by atoms with Gasteiger partial charge < -0.3 is 20.6 Å². The van der Waals surface area contributed by atoms with Crippen LogP contribution in [0.4, 0.5) is 0 Å². The van der Waals surface area contributed by atoms with Crippen molar-refractivity contribution in [2.75, 3.05) is 0 Å². The number of carboxylic acids is 1. The van der Waals surface area contributed by atoms with E-state index < -0.39 is 12.0 Å². The molecular weight excluding hydrogens is 330 g/mol. The highest BCUT2D eigenvalue weighted by atomic mass is 16.4. The summed E-state index contributed by atoms with van der Waals surface area (Å²) in [5.74, 6) is -0.390. The lowest BCUT2D eigenvalue weighted by Gasteiger charge is -2.31. The van der Waals surface area contributed by atoms with Crippen molar-refractivity contribution in [3.8, 4) is 11.5 Å². The molecular formula is C21H25NO4. The molecule has 138 valence electrons. The number of nitrogens with one attached hydrogen (secondary N) is 1. The van der Waals surface area contributed by atoms with Gasteiger partial charge in [0.05, 0.1) is 0 Å². The number of aromatic hydroxyl groups is 2. The molecule has 0 saturated heterocycles. The topological polar surface area (TPSA) is 89.8 Å². The smallest absolute Gasteiger partial charge is 0.321 e. The maximum absolute atomic E-state index is 11.6. The highest BCUT2D eigenvalue weighted by Crippen LogP contribution is 2.38. The van der Waals surface area contributed by atoms with Crippen molar-refractivity contribution in [3.63, 3.8) is 0 Å². The molecule has 1 aliphatic carbocycles. The second-order valence-electron chi connectivity index (χ2n) is 7.04. The lowest BCUT2D eigenvalue weighted by molar-refractivity contribution is -0.139. The molecule has 0 radical (unpaired) electrons. The Bertz CT molecular complexity index is 739. The lowest BCUT2D eigenvalue weighted by atomic mass is 9.81. The van der Waals surface area contributed by atoms with Gasteiger partial charge in [-0.15, -0.1) is 0 Å². The van der Waals surface area contributed by atoms with E-state index in [4.69, 9.17) is 0 Å². The number of carboxylic acid groups (broad SMARTS) is 1. The Morgan fingerprint density at radius 3 is 2.35 bits per heavy atom. The molecule has 0 aromatic heterocycles. The molecule has 2 aromatic carbocycles. The van der Waals surface area contributed by atoms with Gasteiger partial charge in [0, 0.05) is 12.1 Å². The Kier molecular flexibility index (Phi) is 5.78. The van der Waals surface area contributed by atoms with Gasteiger partial charge in [-0.3, -0.25) is 4.79 Å². The van der Waals surface area contributed by atoms with Crippen LogP contribution in [0.5, 0.6) is 11.5 Å². The number of rotatable bonds is 6. The van der Waals surface area contributed by atoms with E-state index in [1.54, 1.807) is 12.1 Å². The summed E-state index contributed by atoms with van der Waals surface area (Å²) in [6.45, 7) is 0. The van der Waals surface area contributed by atoms with Crippen LogP contribution in [0.2, 0.25) is 0 Å². The molecule has 5 heteroatoms. The van der Waals surface area contributed by atoms with Crippen LogP contribution in [0.25, 0.3) is 0 Å². The molecule has 1 atom stereocenters. The number of hydrogen-bond donors (Lipinski definition) is 4. The number of benzene rings is 2. The zero-order valence-corrected chi connectivity index (χ0v) is 14.6. The molecule has 0 unspecified atom stereocenters. The number of phenolic OH excluding ortho intramolecular Hbond substituents is 2. The summed E-state index contributed by atoms with van der Waals surface area (Å²) < 4.78 is 0. The Balaban J connectivity index is 1.57. The predicted molar refractivity (Wildman–Crippen MR) is 99.5 cm³/mol. The van der Waals surface area contributed by atoms with E-state index in [0.717, 1.165) is 36.8 Å². The fourth-order valence-corrected chi connectivity index (χ4v) is 3.80. The Morgan fingerprint density at radius 2 is 1.73 bits per heavy atom. The van der Waals surface area contributed by atoms with Crippen molar-refractivity contribution >= 4 is 5.97 Å². The minimum atomic E-state index is -0.827. The van der Waals surface area contributed by atoms with Gasteiger partial charge in [-0.05, 0) is 55.2 Å². The fourth-order valence-electron chi connectivity index (χ4n) is 3.80. The van der Waals surface area contributed by atoms with Crippen molar-refractivity contribution in [1.29, 1.82) is 0 Å². The molecule has 0 spiro atoms. The third-order valence-electron chi connectivity index (χ3n) is 5.20. The monoisotopic (exact) mass is 355 g/mol. The average Bonchev–Trinajstić information content (AvgIpc) is 2.63. The first-order valence-corrected chi connectivity index (χ1v) is 9.07. The van der Waals surface area contributed by atoms with E-state index in [9.17, 15) is 20.1 Å². The van der Waals surface area contributed by atoms with Gasteiger partial charge in [-0.1, -0.05) is 36.4 Å². The molecule has 4 N–H and O–H groups in total. The van der Waals surface area contributed by atoms with Gasteiger partial charge in [0.2, 0.25) is 0 Å².